The van der Waals surface area contributed by atoms with Crippen LogP contribution in [0.25, 0.3) is 0 Å². The Morgan fingerprint density at radius 1 is 1.26 bits per heavy atom. The molecule has 0 saturated heterocycles. The van der Waals surface area contributed by atoms with Crippen LogP contribution >= 0.6 is 0 Å². The number of carbonyl (C=O) groups is 2. The molecule has 0 spiro atoms. The lowest BCUT2D eigenvalue weighted by Gasteiger charge is -2.21. The fourth-order valence-corrected chi connectivity index (χ4v) is 1.40. The van der Waals surface area contributed by atoms with Crippen LogP contribution in [0, 0.1) is 10.1 Å². The molecule has 0 aliphatic heterocycles. The van der Waals surface area contributed by atoms with E-state index in [1.807, 2.05) is 0 Å². The third kappa shape index (κ3) is 3.27. The van der Waals surface area contributed by atoms with Gasteiger partial charge in [0, 0.05) is 30.8 Å². The van der Waals surface area contributed by atoms with Crippen LogP contribution in [0.15, 0.2) is 18.2 Å². The molecule has 19 heavy (non-hydrogen) atoms. The summed E-state index contributed by atoms with van der Waals surface area (Å²) in [4.78, 5) is 34.4. The van der Waals surface area contributed by atoms with E-state index in [4.69, 9.17) is 5.11 Å². The highest BCUT2D eigenvalue weighted by molar-refractivity contribution is 5.98. The summed E-state index contributed by atoms with van der Waals surface area (Å²) in [6.07, 6.45) is 0. The first-order valence-electron chi connectivity index (χ1n) is 5.54. The Balaban J connectivity index is 3.31. The summed E-state index contributed by atoms with van der Waals surface area (Å²) >= 11 is 0. The Labute approximate surface area is 109 Å². The molecule has 7 heteroatoms. The fraction of sp³-hybridized carbons (Fsp3) is 0.333. The van der Waals surface area contributed by atoms with Crippen molar-refractivity contribution >= 4 is 17.6 Å². The number of amides is 1. The maximum Gasteiger partial charge on any atom is 0.335 e. The van der Waals surface area contributed by atoms with Crippen molar-refractivity contribution in [2.24, 2.45) is 0 Å². The topological polar surface area (TPSA) is 101 Å². The van der Waals surface area contributed by atoms with E-state index >= 15 is 0 Å². The first-order chi connectivity index (χ1) is 8.73. The van der Waals surface area contributed by atoms with E-state index < -0.39 is 22.5 Å². The minimum Gasteiger partial charge on any atom is -0.478 e. The smallest absolute Gasteiger partial charge is 0.335 e. The Morgan fingerprint density at radius 2 is 1.79 bits per heavy atom. The molecule has 0 aliphatic rings. The molecule has 1 N–H and O–H groups in total. The van der Waals surface area contributed by atoms with E-state index in [0.717, 1.165) is 18.2 Å². The number of carboxylic acids is 1. The van der Waals surface area contributed by atoms with Gasteiger partial charge in [-0.3, -0.25) is 14.9 Å². The van der Waals surface area contributed by atoms with E-state index in [0.29, 0.717) is 0 Å². The van der Waals surface area contributed by atoms with Crippen molar-refractivity contribution in [3.8, 4) is 0 Å². The summed E-state index contributed by atoms with van der Waals surface area (Å²) in [7, 11) is 1.55. The van der Waals surface area contributed by atoms with Gasteiger partial charge in [-0.05, 0) is 19.9 Å². The van der Waals surface area contributed by atoms with E-state index in [-0.39, 0.29) is 17.2 Å². The van der Waals surface area contributed by atoms with Gasteiger partial charge in [-0.1, -0.05) is 0 Å². The zero-order valence-electron chi connectivity index (χ0n) is 10.8. The van der Waals surface area contributed by atoms with Crippen molar-refractivity contribution < 1.29 is 19.6 Å². The summed E-state index contributed by atoms with van der Waals surface area (Å²) in [5, 5.41) is 19.6. The van der Waals surface area contributed by atoms with Crippen molar-refractivity contribution in [2.75, 3.05) is 7.05 Å². The van der Waals surface area contributed by atoms with Gasteiger partial charge in [0.2, 0.25) is 0 Å². The van der Waals surface area contributed by atoms with Crippen LogP contribution in [0.5, 0.6) is 0 Å². The quantitative estimate of drug-likeness (QED) is 0.661. The minimum atomic E-state index is -1.31. The van der Waals surface area contributed by atoms with Crippen LogP contribution in [0.4, 0.5) is 5.69 Å². The molecule has 1 aromatic rings. The van der Waals surface area contributed by atoms with Crippen molar-refractivity contribution in [3.05, 3.63) is 39.4 Å². The lowest BCUT2D eigenvalue weighted by molar-refractivity contribution is -0.384. The summed E-state index contributed by atoms with van der Waals surface area (Å²) in [5.74, 6) is -1.77. The predicted octanol–water partition coefficient (Wildman–Crippen LogP) is 1.77. The van der Waals surface area contributed by atoms with Gasteiger partial charge in [0.25, 0.3) is 11.6 Å². The maximum atomic E-state index is 12.0. The van der Waals surface area contributed by atoms with Gasteiger partial charge >= 0.3 is 5.97 Å². The molecule has 102 valence electrons. The molecule has 0 unspecified atom stereocenters. The Morgan fingerprint density at radius 3 is 2.21 bits per heavy atom. The van der Waals surface area contributed by atoms with E-state index in [2.05, 4.69) is 0 Å². The SMILES string of the molecule is CC(C)N(C)C(=O)c1cc(C(=O)O)cc([N+](=O)[O-])c1. The van der Waals surface area contributed by atoms with Crippen molar-refractivity contribution in [1.82, 2.24) is 4.90 Å². The third-order valence-corrected chi connectivity index (χ3v) is 2.72. The lowest BCUT2D eigenvalue weighted by Crippen LogP contribution is -2.33. The maximum absolute atomic E-state index is 12.0. The molecule has 0 aromatic heterocycles. The first kappa shape index (κ1) is 14.6. The summed E-state index contributed by atoms with van der Waals surface area (Å²) < 4.78 is 0. The molecule has 1 rings (SSSR count). The number of benzene rings is 1. The van der Waals surface area contributed by atoms with Gasteiger partial charge in [0.1, 0.15) is 0 Å². The number of rotatable bonds is 4. The van der Waals surface area contributed by atoms with Crippen molar-refractivity contribution in [3.63, 3.8) is 0 Å². The number of hydrogen-bond acceptors (Lipinski definition) is 4. The van der Waals surface area contributed by atoms with Gasteiger partial charge in [0.05, 0.1) is 10.5 Å². The van der Waals surface area contributed by atoms with Crippen molar-refractivity contribution in [2.45, 2.75) is 19.9 Å². The van der Waals surface area contributed by atoms with Crippen LogP contribution in [0.2, 0.25) is 0 Å². The van der Waals surface area contributed by atoms with Crippen molar-refractivity contribution in [1.29, 1.82) is 0 Å². The monoisotopic (exact) mass is 266 g/mol. The zero-order chi connectivity index (χ0) is 14.7. The molecule has 0 bridgehead atoms. The number of nitro groups is 1. The van der Waals surface area contributed by atoms with Crippen LogP contribution in [-0.4, -0.2) is 39.9 Å². The molecule has 1 aromatic carbocycles. The number of non-ortho nitro benzene ring substituents is 1. The lowest BCUT2D eigenvalue weighted by atomic mass is 10.1. The molecule has 7 nitrogen and oxygen atoms in total. The van der Waals surface area contributed by atoms with Crippen LogP contribution in [0.3, 0.4) is 0 Å². The van der Waals surface area contributed by atoms with Gasteiger partial charge in [-0.15, -0.1) is 0 Å². The van der Waals surface area contributed by atoms with Gasteiger partial charge < -0.3 is 10.0 Å². The van der Waals surface area contributed by atoms with Crippen LogP contribution in [0.1, 0.15) is 34.6 Å². The average molecular weight is 266 g/mol. The number of aromatic carboxylic acids is 1. The number of carbonyl (C=O) groups excluding carboxylic acids is 1. The number of carboxylic acid groups (broad SMARTS) is 1. The summed E-state index contributed by atoms with van der Waals surface area (Å²) in [6, 6.07) is 3.04. The van der Waals surface area contributed by atoms with E-state index in [1.165, 1.54) is 4.90 Å². The molecular weight excluding hydrogens is 252 g/mol. The normalized spacial score (nSPS) is 10.3. The van der Waals surface area contributed by atoms with Gasteiger partial charge in [0.15, 0.2) is 0 Å². The first-order valence-corrected chi connectivity index (χ1v) is 5.54. The average Bonchev–Trinajstić information content (AvgIpc) is 2.36. The summed E-state index contributed by atoms with van der Waals surface area (Å²) in [5.41, 5.74) is -0.710. The minimum absolute atomic E-state index is 0.0113. The standard InChI is InChI=1S/C12H14N2O5/c1-7(2)13(3)11(15)8-4-9(12(16)17)6-10(5-8)14(18)19/h4-7H,1-3H3,(H,16,17). The second-order valence-electron chi connectivity index (χ2n) is 4.34. The Hall–Kier alpha value is -2.44. The number of nitrogens with zero attached hydrogens (tertiary/aromatic N) is 2. The van der Waals surface area contributed by atoms with E-state index in [9.17, 15) is 19.7 Å². The second-order valence-corrected chi connectivity index (χ2v) is 4.34. The van der Waals surface area contributed by atoms with Gasteiger partial charge in [-0.2, -0.15) is 0 Å². The van der Waals surface area contributed by atoms with Crippen LogP contribution in [-0.2, 0) is 0 Å². The number of hydrogen-bond donors (Lipinski definition) is 1. The van der Waals surface area contributed by atoms with E-state index in [1.54, 1.807) is 20.9 Å². The number of nitro benzene ring substituents is 1. The molecular formula is C12H14N2O5. The second kappa shape index (κ2) is 5.47. The molecule has 0 radical (unpaired) electrons. The molecule has 1 amide bonds. The molecule has 0 atom stereocenters. The third-order valence-electron chi connectivity index (χ3n) is 2.72. The molecule has 0 heterocycles. The zero-order valence-corrected chi connectivity index (χ0v) is 10.8. The predicted molar refractivity (Wildman–Crippen MR) is 67.3 cm³/mol. The highest BCUT2D eigenvalue weighted by Crippen LogP contribution is 2.19. The highest BCUT2D eigenvalue weighted by Gasteiger charge is 2.20. The van der Waals surface area contributed by atoms with Crippen LogP contribution < -0.4 is 0 Å². The highest BCUT2D eigenvalue weighted by atomic mass is 16.6. The Bertz CT molecular complexity index is 507. The Kier molecular flexibility index (Phi) is 4.21. The largest absolute Gasteiger partial charge is 0.478 e. The molecule has 0 fully saturated rings. The fourth-order valence-electron chi connectivity index (χ4n) is 1.40. The summed E-state index contributed by atoms with van der Waals surface area (Å²) in [6.45, 7) is 3.57. The molecule has 0 aliphatic carbocycles. The van der Waals surface area contributed by atoms with Gasteiger partial charge in [-0.25, -0.2) is 4.79 Å². The molecule has 0 saturated carbocycles.